The molecule has 0 aliphatic heterocycles. The van der Waals surface area contributed by atoms with Crippen LogP contribution in [0.3, 0.4) is 0 Å². The van der Waals surface area contributed by atoms with Crippen molar-refractivity contribution in [1.82, 2.24) is 19.7 Å². The number of hydrogen-bond donors (Lipinski definition) is 0. The minimum Gasteiger partial charge on any atom is -0.355 e. The third-order valence-corrected chi connectivity index (χ3v) is 3.41. The summed E-state index contributed by atoms with van der Waals surface area (Å²) in [6, 6.07) is 6.58. The van der Waals surface area contributed by atoms with Crippen molar-refractivity contribution in [3.05, 3.63) is 52.5 Å². The van der Waals surface area contributed by atoms with Crippen molar-refractivity contribution in [2.45, 2.75) is 6.54 Å². The number of benzene rings is 1. The van der Waals surface area contributed by atoms with Gasteiger partial charge in [-0.05, 0) is 5.56 Å². The zero-order valence-electron chi connectivity index (χ0n) is 12.2. The molecule has 0 amide bonds. The van der Waals surface area contributed by atoms with Gasteiger partial charge in [0.25, 0.3) is 5.69 Å². The molecule has 3 rings (SSSR count). The van der Waals surface area contributed by atoms with Gasteiger partial charge in [-0.3, -0.25) is 14.8 Å². The Hall–Kier alpha value is -3.03. The van der Waals surface area contributed by atoms with E-state index in [1.54, 1.807) is 23.0 Å². The minimum atomic E-state index is -0.395. The maximum Gasteiger partial charge on any atom is 0.269 e. The van der Waals surface area contributed by atoms with E-state index in [0.717, 1.165) is 22.4 Å². The number of aryl methyl sites for hydroxylation is 1. The third kappa shape index (κ3) is 2.46. The standard InChI is InChI=1S/C14H14N6O2/c1-18(8-10-4-3-5-11(6-10)20(21)22)13-12-7-17-19(2)14(12)16-9-15-13/h3-7,9H,8H2,1-2H3. The molecule has 0 radical (unpaired) electrons. The summed E-state index contributed by atoms with van der Waals surface area (Å²) in [5.41, 5.74) is 1.67. The molecule has 0 fully saturated rings. The maximum absolute atomic E-state index is 10.8. The maximum atomic E-state index is 10.8. The summed E-state index contributed by atoms with van der Waals surface area (Å²) >= 11 is 0. The van der Waals surface area contributed by atoms with Crippen LogP contribution in [0.1, 0.15) is 5.56 Å². The van der Waals surface area contributed by atoms with Gasteiger partial charge in [0.2, 0.25) is 0 Å². The van der Waals surface area contributed by atoms with Gasteiger partial charge >= 0.3 is 0 Å². The van der Waals surface area contributed by atoms with Crippen LogP contribution in [-0.4, -0.2) is 31.7 Å². The van der Waals surface area contributed by atoms with Crippen LogP contribution in [0.15, 0.2) is 36.8 Å². The Morgan fingerprint density at radius 2 is 2.18 bits per heavy atom. The van der Waals surface area contributed by atoms with Crippen LogP contribution in [0.25, 0.3) is 11.0 Å². The van der Waals surface area contributed by atoms with E-state index in [-0.39, 0.29) is 5.69 Å². The van der Waals surface area contributed by atoms with Crippen LogP contribution in [0.4, 0.5) is 11.5 Å². The molecule has 8 nitrogen and oxygen atoms in total. The number of fused-ring (bicyclic) bond motifs is 1. The molecule has 8 heteroatoms. The number of anilines is 1. The molecule has 0 unspecified atom stereocenters. The summed E-state index contributed by atoms with van der Waals surface area (Å²) in [7, 11) is 3.70. The van der Waals surface area contributed by atoms with Gasteiger partial charge in [-0.1, -0.05) is 12.1 Å². The first-order valence-corrected chi connectivity index (χ1v) is 6.63. The quantitative estimate of drug-likeness (QED) is 0.540. The molecular weight excluding hydrogens is 284 g/mol. The first-order valence-electron chi connectivity index (χ1n) is 6.63. The van der Waals surface area contributed by atoms with Gasteiger partial charge in [0.1, 0.15) is 12.1 Å². The number of non-ortho nitro benzene ring substituents is 1. The topological polar surface area (TPSA) is 90.0 Å². The zero-order chi connectivity index (χ0) is 15.7. The summed E-state index contributed by atoms with van der Waals surface area (Å²) in [6.07, 6.45) is 3.21. The molecular formula is C14H14N6O2. The molecule has 0 aliphatic rings. The highest BCUT2D eigenvalue weighted by Gasteiger charge is 2.13. The molecule has 0 atom stereocenters. The highest BCUT2D eigenvalue weighted by atomic mass is 16.6. The van der Waals surface area contributed by atoms with Gasteiger partial charge in [-0.2, -0.15) is 5.10 Å². The Morgan fingerprint density at radius 3 is 2.95 bits per heavy atom. The molecule has 112 valence electrons. The molecule has 22 heavy (non-hydrogen) atoms. The highest BCUT2D eigenvalue weighted by molar-refractivity contribution is 5.86. The Balaban J connectivity index is 1.92. The number of nitro benzene ring substituents is 1. The van der Waals surface area contributed by atoms with Crippen molar-refractivity contribution < 1.29 is 4.92 Å². The van der Waals surface area contributed by atoms with Crippen molar-refractivity contribution in [2.24, 2.45) is 7.05 Å². The van der Waals surface area contributed by atoms with Crippen molar-refractivity contribution in [2.75, 3.05) is 11.9 Å². The molecule has 0 saturated carbocycles. The van der Waals surface area contributed by atoms with E-state index in [9.17, 15) is 10.1 Å². The second kappa shape index (κ2) is 5.40. The molecule has 0 saturated heterocycles. The van der Waals surface area contributed by atoms with E-state index in [1.165, 1.54) is 12.4 Å². The van der Waals surface area contributed by atoms with Crippen LogP contribution in [0.5, 0.6) is 0 Å². The van der Waals surface area contributed by atoms with E-state index in [1.807, 2.05) is 25.1 Å². The Labute approximate surface area is 126 Å². The van der Waals surface area contributed by atoms with Crippen molar-refractivity contribution in [1.29, 1.82) is 0 Å². The van der Waals surface area contributed by atoms with Gasteiger partial charge < -0.3 is 4.90 Å². The lowest BCUT2D eigenvalue weighted by Crippen LogP contribution is -2.18. The molecule has 2 heterocycles. The van der Waals surface area contributed by atoms with Crippen LogP contribution in [-0.2, 0) is 13.6 Å². The van der Waals surface area contributed by atoms with Crippen LogP contribution >= 0.6 is 0 Å². The predicted octanol–water partition coefficient (Wildman–Crippen LogP) is 1.91. The molecule has 0 spiro atoms. The lowest BCUT2D eigenvalue weighted by molar-refractivity contribution is -0.384. The molecule has 1 aromatic carbocycles. The van der Waals surface area contributed by atoms with E-state index in [4.69, 9.17) is 0 Å². The Morgan fingerprint density at radius 1 is 1.36 bits per heavy atom. The first kappa shape index (κ1) is 13.9. The van der Waals surface area contributed by atoms with E-state index in [0.29, 0.717) is 6.54 Å². The summed E-state index contributed by atoms with van der Waals surface area (Å²) in [4.78, 5) is 20.9. The largest absolute Gasteiger partial charge is 0.355 e. The van der Waals surface area contributed by atoms with E-state index in [2.05, 4.69) is 15.1 Å². The fourth-order valence-corrected chi connectivity index (χ4v) is 2.37. The second-order valence-electron chi connectivity index (χ2n) is 4.99. The van der Waals surface area contributed by atoms with Gasteiger partial charge in [0.05, 0.1) is 16.5 Å². The summed E-state index contributed by atoms with van der Waals surface area (Å²) in [5.74, 6) is 0.740. The Kier molecular flexibility index (Phi) is 3.42. The van der Waals surface area contributed by atoms with E-state index < -0.39 is 4.92 Å². The number of rotatable bonds is 4. The summed E-state index contributed by atoms with van der Waals surface area (Å²) in [6.45, 7) is 0.503. The van der Waals surface area contributed by atoms with Gasteiger partial charge in [-0.25, -0.2) is 9.97 Å². The second-order valence-corrected chi connectivity index (χ2v) is 4.99. The average Bonchev–Trinajstić information content (AvgIpc) is 2.89. The number of hydrogen-bond acceptors (Lipinski definition) is 6. The predicted molar refractivity (Wildman–Crippen MR) is 81.5 cm³/mol. The van der Waals surface area contributed by atoms with Crippen molar-refractivity contribution in [3.8, 4) is 0 Å². The first-order chi connectivity index (χ1) is 10.6. The van der Waals surface area contributed by atoms with Crippen molar-refractivity contribution in [3.63, 3.8) is 0 Å². The molecule has 0 aliphatic carbocycles. The smallest absolute Gasteiger partial charge is 0.269 e. The zero-order valence-corrected chi connectivity index (χ0v) is 12.2. The van der Waals surface area contributed by atoms with E-state index >= 15 is 0 Å². The SMILES string of the molecule is CN(Cc1cccc([N+](=O)[O-])c1)c1ncnc2c1cnn2C. The normalized spacial score (nSPS) is 10.8. The number of nitrogens with zero attached hydrogens (tertiary/aromatic N) is 6. The fourth-order valence-electron chi connectivity index (χ4n) is 2.37. The Bertz CT molecular complexity index is 844. The van der Waals surface area contributed by atoms with Crippen LogP contribution < -0.4 is 4.90 Å². The van der Waals surface area contributed by atoms with Gasteiger partial charge in [-0.15, -0.1) is 0 Å². The molecule has 3 aromatic rings. The highest BCUT2D eigenvalue weighted by Crippen LogP contribution is 2.23. The van der Waals surface area contributed by atoms with Crippen LogP contribution in [0, 0.1) is 10.1 Å². The van der Waals surface area contributed by atoms with Crippen molar-refractivity contribution >= 4 is 22.5 Å². The van der Waals surface area contributed by atoms with Gasteiger partial charge in [0, 0.05) is 32.8 Å². The minimum absolute atomic E-state index is 0.0834. The fraction of sp³-hybridized carbons (Fsp3) is 0.214. The van der Waals surface area contributed by atoms with Crippen LogP contribution in [0.2, 0.25) is 0 Å². The number of nitro groups is 1. The third-order valence-electron chi connectivity index (χ3n) is 3.41. The molecule has 2 aromatic heterocycles. The number of aromatic nitrogens is 4. The summed E-state index contributed by atoms with van der Waals surface area (Å²) in [5, 5.41) is 15.9. The lowest BCUT2D eigenvalue weighted by atomic mass is 10.2. The summed E-state index contributed by atoms with van der Waals surface area (Å²) < 4.78 is 1.68. The lowest BCUT2D eigenvalue weighted by Gasteiger charge is -2.18. The average molecular weight is 298 g/mol. The van der Waals surface area contributed by atoms with Gasteiger partial charge in [0.15, 0.2) is 5.65 Å². The molecule has 0 N–H and O–H groups in total. The monoisotopic (exact) mass is 298 g/mol. The molecule has 0 bridgehead atoms.